The number of thiazole rings is 1. The molecule has 5 rings (SSSR count). The first-order valence-electron chi connectivity index (χ1n) is 11.1. The Balaban J connectivity index is 1.27. The average Bonchev–Trinajstić information content (AvgIpc) is 3.41. The van der Waals surface area contributed by atoms with Crippen molar-refractivity contribution in [3.8, 4) is 5.88 Å². The van der Waals surface area contributed by atoms with Gasteiger partial charge in [-0.05, 0) is 30.3 Å². The number of amides is 2. The van der Waals surface area contributed by atoms with Crippen LogP contribution in [-0.2, 0) is 10.0 Å². The fraction of sp³-hybridized carbons (Fsp3) is 0.217. The van der Waals surface area contributed by atoms with Crippen molar-refractivity contribution in [2.75, 3.05) is 48.8 Å². The van der Waals surface area contributed by atoms with Crippen LogP contribution in [0.1, 0.15) is 0 Å². The number of piperazine rings is 1. The van der Waals surface area contributed by atoms with E-state index in [9.17, 15) is 13.2 Å². The second-order valence-electron chi connectivity index (χ2n) is 7.89. The van der Waals surface area contributed by atoms with E-state index >= 15 is 0 Å². The van der Waals surface area contributed by atoms with Crippen molar-refractivity contribution in [1.82, 2.24) is 19.3 Å². The van der Waals surface area contributed by atoms with Gasteiger partial charge in [0.05, 0.1) is 22.9 Å². The summed E-state index contributed by atoms with van der Waals surface area (Å²) in [7, 11) is -2.20. The predicted octanol–water partition coefficient (Wildman–Crippen LogP) is 3.25. The number of aromatic nitrogens is 3. The maximum atomic E-state index is 13.3. The molecule has 2 amide bonds. The van der Waals surface area contributed by atoms with E-state index in [1.54, 1.807) is 30.8 Å². The van der Waals surface area contributed by atoms with Gasteiger partial charge >= 0.3 is 6.03 Å². The summed E-state index contributed by atoms with van der Waals surface area (Å²) < 4.78 is 33.5. The molecule has 13 heteroatoms. The number of sulfonamides is 1. The molecule has 4 aromatic rings. The maximum absolute atomic E-state index is 13.3. The molecule has 1 saturated heterocycles. The first kappa shape index (κ1) is 23.9. The third kappa shape index (κ3) is 4.94. The van der Waals surface area contributed by atoms with Crippen LogP contribution in [0, 0.1) is 0 Å². The van der Waals surface area contributed by atoms with Crippen molar-refractivity contribution >= 4 is 55.1 Å². The summed E-state index contributed by atoms with van der Waals surface area (Å²) in [6, 6.07) is 13.3. The van der Waals surface area contributed by atoms with Gasteiger partial charge in [0.15, 0.2) is 5.13 Å². The average molecular weight is 526 g/mol. The van der Waals surface area contributed by atoms with Crippen LogP contribution in [-0.4, -0.2) is 67.0 Å². The maximum Gasteiger partial charge on any atom is 0.325 e. The molecule has 2 aromatic heterocycles. The van der Waals surface area contributed by atoms with Gasteiger partial charge in [-0.1, -0.05) is 18.2 Å². The van der Waals surface area contributed by atoms with Crippen LogP contribution < -0.4 is 20.3 Å². The fourth-order valence-electron chi connectivity index (χ4n) is 3.89. The third-order valence-corrected chi connectivity index (χ3v) is 8.24. The molecule has 0 saturated carbocycles. The number of carbonyl (C=O) groups is 1. The van der Waals surface area contributed by atoms with Gasteiger partial charge in [-0.3, -0.25) is 5.32 Å². The largest absolute Gasteiger partial charge is 0.480 e. The predicted molar refractivity (Wildman–Crippen MR) is 138 cm³/mol. The number of urea groups is 1. The van der Waals surface area contributed by atoms with Gasteiger partial charge in [-0.2, -0.15) is 9.29 Å². The number of methoxy groups -OCH3 is 1. The van der Waals surface area contributed by atoms with Crippen LogP contribution in [0.4, 0.5) is 21.6 Å². The minimum Gasteiger partial charge on any atom is -0.480 e. The molecule has 0 unspecified atom stereocenters. The summed E-state index contributed by atoms with van der Waals surface area (Å²) in [5.41, 5.74) is 1.12. The molecule has 36 heavy (non-hydrogen) atoms. The van der Waals surface area contributed by atoms with E-state index in [4.69, 9.17) is 4.74 Å². The molecule has 0 aliphatic carbocycles. The molecular weight excluding hydrogens is 502 g/mol. The Morgan fingerprint density at radius 3 is 2.58 bits per heavy atom. The van der Waals surface area contributed by atoms with E-state index in [0.29, 0.717) is 35.7 Å². The molecule has 186 valence electrons. The highest BCUT2D eigenvalue weighted by Gasteiger charge is 2.30. The molecule has 1 aliphatic heterocycles. The van der Waals surface area contributed by atoms with Crippen LogP contribution in [0.3, 0.4) is 0 Å². The van der Waals surface area contributed by atoms with Gasteiger partial charge in [0, 0.05) is 43.4 Å². The number of anilines is 3. The van der Waals surface area contributed by atoms with Crippen molar-refractivity contribution in [2.45, 2.75) is 4.90 Å². The summed E-state index contributed by atoms with van der Waals surface area (Å²) in [6.45, 7) is 1.38. The molecular formula is C23H23N7O4S2. The summed E-state index contributed by atoms with van der Waals surface area (Å²) in [5, 5.41) is 8.26. The van der Waals surface area contributed by atoms with Crippen molar-refractivity contribution in [3.05, 3.63) is 60.1 Å². The molecule has 0 radical (unpaired) electrons. The van der Waals surface area contributed by atoms with Crippen LogP contribution in [0.5, 0.6) is 5.88 Å². The quantitative estimate of drug-likeness (QED) is 0.392. The molecule has 0 atom stereocenters. The lowest BCUT2D eigenvalue weighted by molar-refractivity contribution is 0.262. The highest BCUT2D eigenvalue weighted by Crippen LogP contribution is 2.27. The molecule has 1 fully saturated rings. The van der Waals surface area contributed by atoms with E-state index in [0.717, 1.165) is 10.9 Å². The molecule has 2 N–H and O–H groups in total. The summed E-state index contributed by atoms with van der Waals surface area (Å²) in [6.07, 6.45) is 1.58. The van der Waals surface area contributed by atoms with Crippen LogP contribution in [0.15, 0.2) is 65.0 Å². The number of nitrogens with zero attached hydrogens (tertiary/aromatic N) is 5. The first-order valence-corrected chi connectivity index (χ1v) is 13.4. The number of carbonyl (C=O) groups excluding carboxylic acids is 1. The lowest BCUT2D eigenvalue weighted by Crippen LogP contribution is -2.49. The van der Waals surface area contributed by atoms with E-state index in [2.05, 4.69) is 25.6 Å². The molecule has 0 bridgehead atoms. The monoisotopic (exact) mass is 525 g/mol. The summed E-state index contributed by atoms with van der Waals surface area (Å²) >= 11 is 1.28. The van der Waals surface area contributed by atoms with E-state index < -0.39 is 16.1 Å². The second kappa shape index (κ2) is 10.0. The second-order valence-corrected chi connectivity index (χ2v) is 10.7. The zero-order valence-corrected chi connectivity index (χ0v) is 20.9. The SMILES string of the molecule is COc1nc(N2CCN(S(=O)(=O)c3cccc(NC(=O)Nc4nccs4)c3)CC2)nc2ccccc12. The van der Waals surface area contributed by atoms with E-state index in [-0.39, 0.29) is 18.0 Å². The zero-order valence-electron chi connectivity index (χ0n) is 19.3. The molecule has 3 heterocycles. The standard InChI is InChI=1S/C23H23N7O4S2/c1-34-20-18-7-2-3-8-19(18)26-21(27-20)29-10-12-30(13-11-29)36(32,33)17-6-4-5-16(15-17)25-22(31)28-23-24-9-14-35-23/h2-9,14-15H,10-13H2,1H3,(H2,24,25,28,31). The Labute approximate surface area is 211 Å². The van der Waals surface area contributed by atoms with E-state index in [1.165, 1.54) is 27.8 Å². The molecule has 2 aromatic carbocycles. The molecule has 0 spiro atoms. The fourth-order valence-corrected chi connectivity index (χ4v) is 5.88. The Bertz CT molecular complexity index is 1490. The van der Waals surface area contributed by atoms with Crippen LogP contribution >= 0.6 is 11.3 Å². The number of hydrogen-bond acceptors (Lipinski definition) is 9. The van der Waals surface area contributed by atoms with Crippen LogP contribution in [0.2, 0.25) is 0 Å². The number of para-hydroxylation sites is 1. The topological polar surface area (TPSA) is 130 Å². The lowest BCUT2D eigenvalue weighted by atomic mass is 10.2. The number of rotatable bonds is 6. The Kier molecular flexibility index (Phi) is 6.67. The highest BCUT2D eigenvalue weighted by atomic mass is 32.2. The van der Waals surface area contributed by atoms with Crippen molar-refractivity contribution < 1.29 is 17.9 Å². The Morgan fingerprint density at radius 2 is 1.83 bits per heavy atom. The highest BCUT2D eigenvalue weighted by molar-refractivity contribution is 7.89. The molecule has 1 aliphatic rings. The zero-order chi connectivity index (χ0) is 25.1. The summed E-state index contributed by atoms with van der Waals surface area (Å²) in [4.78, 5) is 27.4. The van der Waals surface area contributed by atoms with Crippen LogP contribution in [0.25, 0.3) is 10.9 Å². The van der Waals surface area contributed by atoms with Gasteiger partial charge in [0.2, 0.25) is 21.9 Å². The van der Waals surface area contributed by atoms with E-state index in [1.807, 2.05) is 29.2 Å². The van der Waals surface area contributed by atoms with Gasteiger partial charge in [0.25, 0.3) is 0 Å². The smallest absolute Gasteiger partial charge is 0.325 e. The van der Waals surface area contributed by atoms with Crippen molar-refractivity contribution in [3.63, 3.8) is 0 Å². The van der Waals surface area contributed by atoms with Gasteiger partial charge < -0.3 is 15.0 Å². The number of fused-ring (bicyclic) bond motifs is 1. The van der Waals surface area contributed by atoms with Crippen molar-refractivity contribution in [1.29, 1.82) is 0 Å². The number of nitrogens with one attached hydrogen (secondary N) is 2. The van der Waals surface area contributed by atoms with Gasteiger partial charge in [-0.15, -0.1) is 11.3 Å². The lowest BCUT2D eigenvalue weighted by Gasteiger charge is -2.34. The number of hydrogen-bond donors (Lipinski definition) is 2. The van der Waals surface area contributed by atoms with Crippen molar-refractivity contribution in [2.24, 2.45) is 0 Å². The van der Waals surface area contributed by atoms with Gasteiger partial charge in [0.1, 0.15) is 0 Å². The Morgan fingerprint density at radius 1 is 1.03 bits per heavy atom. The number of benzene rings is 2. The minimum absolute atomic E-state index is 0.103. The Hall–Kier alpha value is -3.81. The normalized spacial score (nSPS) is 14.5. The number of ether oxygens (including phenoxy) is 1. The summed E-state index contributed by atoms with van der Waals surface area (Å²) in [5.74, 6) is 0.980. The minimum atomic E-state index is -3.76. The molecule has 11 nitrogen and oxygen atoms in total. The third-order valence-electron chi connectivity index (χ3n) is 5.65. The first-order chi connectivity index (χ1) is 17.4. The van der Waals surface area contributed by atoms with Gasteiger partial charge in [-0.25, -0.2) is 23.2 Å².